The van der Waals surface area contributed by atoms with Crippen molar-refractivity contribution in [2.24, 2.45) is 0 Å². The number of carbonyl (C=O) groups excluding carboxylic acids is 1. The van der Waals surface area contributed by atoms with Crippen LogP contribution in [0.25, 0.3) is 0 Å². The maximum atomic E-state index is 15.6. The molecule has 1 saturated heterocycles. The molecule has 42 heavy (non-hydrogen) atoms. The molecule has 4 N–H and O–H groups in total. The minimum Gasteiger partial charge on any atom is -0.395 e. The lowest BCUT2D eigenvalue weighted by Crippen LogP contribution is -2.49. The molecule has 0 saturated carbocycles. The first-order chi connectivity index (χ1) is 20.5. The Kier molecular flexibility index (Phi) is 10.1. The van der Waals surface area contributed by atoms with Gasteiger partial charge >= 0.3 is 0 Å². The second kappa shape index (κ2) is 14.2. The molecule has 220 valence electrons. The van der Waals surface area contributed by atoms with E-state index in [-0.39, 0.29) is 17.7 Å². The predicted molar refractivity (Wildman–Crippen MR) is 164 cm³/mol. The normalized spacial score (nSPS) is 14.9. The number of aliphatic hydroxyl groups excluding tert-OH is 1. The number of rotatable bonds is 12. The molecular weight excluding hydrogens is 574 g/mol. The average molecular weight is 608 g/mol. The van der Waals surface area contributed by atoms with E-state index in [0.29, 0.717) is 28.9 Å². The minimum absolute atomic E-state index is 0.121. The van der Waals surface area contributed by atoms with Gasteiger partial charge in [0.05, 0.1) is 21.9 Å². The SMILES string of the molecule is CNCc1ccc(Nc2ncc(Sc3ccnc(C(=O)NCC4(c5ccccc5)CCN(CCO)CC4)c3F)s2)nc1. The van der Waals surface area contributed by atoms with E-state index < -0.39 is 11.7 Å². The second-order valence-electron chi connectivity index (χ2n) is 10.2. The van der Waals surface area contributed by atoms with Crippen LogP contribution in [-0.2, 0) is 12.0 Å². The molecule has 12 heteroatoms. The summed E-state index contributed by atoms with van der Waals surface area (Å²) >= 11 is 2.57. The van der Waals surface area contributed by atoms with Crippen molar-refractivity contribution in [2.45, 2.75) is 33.9 Å². The third kappa shape index (κ3) is 7.31. The fraction of sp³-hybridized carbons (Fsp3) is 0.333. The number of pyridine rings is 2. The fourth-order valence-corrected chi connectivity index (χ4v) is 6.96. The van der Waals surface area contributed by atoms with Crippen molar-refractivity contribution in [2.75, 3.05) is 45.2 Å². The van der Waals surface area contributed by atoms with Gasteiger partial charge in [-0.25, -0.2) is 19.3 Å². The third-order valence-corrected chi connectivity index (χ3v) is 9.46. The Labute approximate surface area is 253 Å². The standard InChI is InChI=1S/C30H34FN7O2S2/c1-32-17-21-7-8-24(34-18-21)37-29-35-19-25(42-29)41-23-9-12-33-27(26(23)31)28(40)36-20-30(22-5-3-2-4-6-22)10-13-38(14-11-30)15-16-39/h2-9,12,18-19,32,39H,10-11,13-17,20H2,1H3,(H,36,40)(H,34,35,37). The van der Waals surface area contributed by atoms with Gasteiger partial charge in [-0.15, -0.1) is 0 Å². The van der Waals surface area contributed by atoms with Crippen molar-refractivity contribution in [1.82, 2.24) is 30.5 Å². The first-order valence-corrected chi connectivity index (χ1v) is 15.4. The average Bonchev–Trinajstić information content (AvgIpc) is 3.46. The number of hydrogen-bond acceptors (Lipinski definition) is 10. The highest BCUT2D eigenvalue weighted by molar-refractivity contribution is 8.01. The maximum absolute atomic E-state index is 15.6. The van der Waals surface area contributed by atoms with Crippen molar-refractivity contribution < 1.29 is 14.3 Å². The van der Waals surface area contributed by atoms with Crippen LogP contribution in [0.2, 0.25) is 0 Å². The number of benzene rings is 1. The molecule has 4 aromatic rings. The van der Waals surface area contributed by atoms with E-state index in [9.17, 15) is 9.90 Å². The van der Waals surface area contributed by atoms with E-state index in [2.05, 4.69) is 47.9 Å². The molecule has 1 aliphatic rings. The summed E-state index contributed by atoms with van der Waals surface area (Å²) in [5.41, 5.74) is 1.71. The number of piperidine rings is 1. The number of halogens is 1. The van der Waals surface area contributed by atoms with Crippen molar-refractivity contribution in [3.05, 3.63) is 89.8 Å². The number of likely N-dealkylation sites (tertiary alicyclic amines) is 1. The highest BCUT2D eigenvalue weighted by Crippen LogP contribution is 2.37. The number of aliphatic hydroxyl groups is 1. The van der Waals surface area contributed by atoms with Gasteiger partial charge in [0.2, 0.25) is 0 Å². The Morgan fingerprint density at radius 1 is 1.10 bits per heavy atom. The smallest absolute Gasteiger partial charge is 0.273 e. The van der Waals surface area contributed by atoms with Gasteiger partial charge in [-0.05, 0) is 56.2 Å². The molecule has 1 aliphatic heterocycles. The van der Waals surface area contributed by atoms with E-state index >= 15 is 4.39 Å². The summed E-state index contributed by atoms with van der Waals surface area (Å²) in [6.07, 6.45) is 6.56. The zero-order valence-corrected chi connectivity index (χ0v) is 25.0. The molecule has 5 rings (SSSR count). The van der Waals surface area contributed by atoms with Crippen LogP contribution in [-0.4, -0.2) is 70.7 Å². The molecule has 0 radical (unpaired) electrons. The van der Waals surface area contributed by atoms with Gasteiger partial charge in [0.1, 0.15) is 5.82 Å². The zero-order chi connectivity index (χ0) is 29.4. The Balaban J connectivity index is 1.24. The van der Waals surface area contributed by atoms with Crippen LogP contribution in [0.1, 0.15) is 34.5 Å². The second-order valence-corrected chi connectivity index (χ2v) is 12.5. The first kappa shape index (κ1) is 30.1. The van der Waals surface area contributed by atoms with E-state index in [4.69, 9.17) is 0 Å². The number of amides is 1. The number of nitrogens with zero attached hydrogens (tertiary/aromatic N) is 4. The molecule has 0 spiro atoms. The zero-order valence-electron chi connectivity index (χ0n) is 23.3. The van der Waals surface area contributed by atoms with E-state index in [0.717, 1.165) is 47.8 Å². The highest BCUT2D eigenvalue weighted by Gasteiger charge is 2.36. The van der Waals surface area contributed by atoms with Gasteiger partial charge in [-0.3, -0.25) is 4.79 Å². The number of thiazole rings is 1. The fourth-order valence-electron chi connectivity index (χ4n) is 5.09. The van der Waals surface area contributed by atoms with Crippen molar-refractivity contribution in [1.29, 1.82) is 0 Å². The van der Waals surface area contributed by atoms with Crippen LogP contribution >= 0.6 is 23.1 Å². The summed E-state index contributed by atoms with van der Waals surface area (Å²) in [7, 11) is 1.88. The molecule has 1 amide bonds. The van der Waals surface area contributed by atoms with Gasteiger partial charge in [0.25, 0.3) is 5.91 Å². The quantitative estimate of drug-likeness (QED) is 0.186. The van der Waals surface area contributed by atoms with Gasteiger partial charge in [0, 0.05) is 37.4 Å². The molecule has 1 fully saturated rings. The van der Waals surface area contributed by atoms with Crippen LogP contribution in [0, 0.1) is 5.82 Å². The molecule has 0 aliphatic carbocycles. The summed E-state index contributed by atoms with van der Waals surface area (Å²) in [6, 6.07) is 15.6. The maximum Gasteiger partial charge on any atom is 0.273 e. The molecule has 0 bridgehead atoms. The Morgan fingerprint density at radius 2 is 1.90 bits per heavy atom. The Hall–Kier alpha value is -3.42. The van der Waals surface area contributed by atoms with Crippen LogP contribution in [0.3, 0.4) is 0 Å². The number of nitrogens with one attached hydrogen (secondary N) is 3. The van der Waals surface area contributed by atoms with Crippen molar-refractivity contribution >= 4 is 40.0 Å². The number of carbonyl (C=O) groups is 1. The number of anilines is 2. The lowest BCUT2D eigenvalue weighted by atomic mass is 9.72. The van der Waals surface area contributed by atoms with Crippen LogP contribution in [0.4, 0.5) is 15.3 Å². The first-order valence-electron chi connectivity index (χ1n) is 13.8. The summed E-state index contributed by atoms with van der Waals surface area (Å²) in [5, 5.41) is 19.2. The molecular formula is C30H34FN7O2S2. The van der Waals surface area contributed by atoms with E-state index in [1.165, 1.54) is 29.3 Å². The van der Waals surface area contributed by atoms with Crippen LogP contribution < -0.4 is 16.0 Å². The van der Waals surface area contributed by atoms with Gasteiger partial charge in [-0.2, -0.15) is 0 Å². The molecule has 9 nitrogen and oxygen atoms in total. The van der Waals surface area contributed by atoms with E-state index in [1.807, 2.05) is 37.4 Å². The summed E-state index contributed by atoms with van der Waals surface area (Å²) in [6.45, 7) is 3.49. The van der Waals surface area contributed by atoms with Crippen LogP contribution in [0.15, 0.2) is 76.2 Å². The van der Waals surface area contributed by atoms with E-state index in [1.54, 1.807) is 18.5 Å². The largest absolute Gasteiger partial charge is 0.395 e. The summed E-state index contributed by atoms with van der Waals surface area (Å²) in [5.74, 6) is -0.527. The summed E-state index contributed by atoms with van der Waals surface area (Å²) in [4.78, 5) is 28.6. The summed E-state index contributed by atoms with van der Waals surface area (Å²) < 4.78 is 16.3. The van der Waals surface area contributed by atoms with Crippen molar-refractivity contribution in [3.8, 4) is 0 Å². The minimum atomic E-state index is -0.656. The third-order valence-electron chi connectivity index (χ3n) is 7.41. The monoisotopic (exact) mass is 607 g/mol. The molecule has 0 unspecified atom stereocenters. The number of hydrogen-bond donors (Lipinski definition) is 4. The Bertz CT molecular complexity index is 1460. The van der Waals surface area contributed by atoms with Gasteiger partial charge in [0.15, 0.2) is 16.6 Å². The molecule has 0 atom stereocenters. The number of aromatic nitrogens is 3. The lowest BCUT2D eigenvalue weighted by Gasteiger charge is -2.42. The molecule has 4 heterocycles. The van der Waals surface area contributed by atoms with Gasteiger partial charge in [-0.1, -0.05) is 59.5 Å². The van der Waals surface area contributed by atoms with Crippen molar-refractivity contribution in [3.63, 3.8) is 0 Å². The van der Waals surface area contributed by atoms with Crippen LogP contribution in [0.5, 0.6) is 0 Å². The Morgan fingerprint density at radius 3 is 2.62 bits per heavy atom. The number of β-amino-alcohol motifs (C(OH)–C–C–N with tert-alkyl or cyclic N) is 1. The predicted octanol–water partition coefficient (Wildman–Crippen LogP) is 4.44. The highest BCUT2D eigenvalue weighted by atomic mass is 32.2. The lowest BCUT2D eigenvalue weighted by molar-refractivity contribution is 0.0903. The molecule has 3 aromatic heterocycles. The topological polar surface area (TPSA) is 115 Å². The molecule has 1 aromatic carbocycles. The van der Waals surface area contributed by atoms with Gasteiger partial charge < -0.3 is 26.0 Å².